The quantitative estimate of drug-likeness (QED) is 0.617. The summed E-state index contributed by atoms with van der Waals surface area (Å²) in [4.78, 5) is 12.3. The van der Waals surface area contributed by atoms with Crippen LogP contribution in [0.1, 0.15) is 34.5 Å². The molecule has 0 unspecified atom stereocenters. The van der Waals surface area contributed by atoms with Crippen molar-refractivity contribution in [2.24, 2.45) is 0 Å². The van der Waals surface area contributed by atoms with Gasteiger partial charge in [0, 0.05) is 11.6 Å². The van der Waals surface area contributed by atoms with Gasteiger partial charge < -0.3 is 0 Å². The van der Waals surface area contributed by atoms with Crippen molar-refractivity contribution in [1.29, 1.82) is 0 Å². The van der Waals surface area contributed by atoms with Crippen molar-refractivity contribution in [3.8, 4) is 0 Å². The number of hydrogen-bond donors (Lipinski definition) is 2. The van der Waals surface area contributed by atoms with Crippen LogP contribution in [0, 0.1) is 6.92 Å². The van der Waals surface area contributed by atoms with Crippen LogP contribution in [0.2, 0.25) is 0 Å². The van der Waals surface area contributed by atoms with Crippen LogP contribution in [-0.2, 0) is 10.0 Å². The van der Waals surface area contributed by atoms with E-state index in [0.717, 1.165) is 22.5 Å². The fourth-order valence-corrected chi connectivity index (χ4v) is 4.56. The Kier molecular flexibility index (Phi) is 5.64. The maximum absolute atomic E-state index is 12.5. The zero-order valence-electron chi connectivity index (χ0n) is 14.7. The lowest BCUT2D eigenvalue weighted by molar-refractivity contribution is 0.102. The SMILES string of the molecule is Cc1cccc(C(=O)Nc2nnc(S(=O)(=O)N[C@H](C)c3ccccc3)s2)c1. The van der Waals surface area contributed by atoms with E-state index in [-0.39, 0.29) is 15.4 Å². The third-order valence-electron chi connectivity index (χ3n) is 3.77. The van der Waals surface area contributed by atoms with Crippen molar-refractivity contribution in [3.05, 3.63) is 71.3 Å². The van der Waals surface area contributed by atoms with Gasteiger partial charge in [0.15, 0.2) is 0 Å². The molecule has 0 aliphatic rings. The molecule has 0 saturated carbocycles. The van der Waals surface area contributed by atoms with E-state index in [1.807, 2.05) is 43.3 Å². The van der Waals surface area contributed by atoms with Crippen molar-refractivity contribution in [2.45, 2.75) is 24.2 Å². The largest absolute Gasteiger partial charge is 0.296 e. The molecule has 1 atom stereocenters. The fraction of sp³-hybridized carbons (Fsp3) is 0.167. The van der Waals surface area contributed by atoms with Crippen LogP contribution in [0.25, 0.3) is 0 Å². The Labute approximate surface area is 161 Å². The maximum atomic E-state index is 12.5. The van der Waals surface area contributed by atoms with Gasteiger partial charge in [0.25, 0.3) is 15.9 Å². The number of carbonyl (C=O) groups excluding carboxylic acids is 1. The second kappa shape index (κ2) is 7.95. The van der Waals surface area contributed by atoms with Crippen molar-refractivity contribution in [2.75, 3.05) is 5.32 Å². The molecule has 1 amide bonds. The highest BCUT2D eigenvalue weighted by Gasteiger charge is 2.23. The highest BCUT2D eigenvalue weighted by molar-refractivity contribution is 7.91. The van der Waals surface area contributed by atoms with E-state index in [2.05, 4.69) is 20.2 Å². The predicted octanol–water partition coefficient (Wildman–Crippen LogP) is 3.14. The number of anilines is 1. The minimum atomic E-state index is -3.85. The molecule has 0 spiro atoms. The molecule has 27 heavy (non-hydrogen) atoms. The molecule has 140 valence electrons. The van der Waals surface area contributed by atoms with E-state index in [1.54, 1.807) is 25.1 Å². The minimum Gasteiger partial charge on any atom is -0.296 e. The number of carbonyl (C=O) groups is 1. The summed E-state index contributed by atoms with van der Waals surface area (Å²) in [7, 11) is -3.85. The first-order chi connectivity index (χ1) is 12.8. The molecule has 0 aliphatic heterocycles. The second-order valence-electron chi connectivity index (χ2n) is 5.95. The molecule has 0 radical (unpaired) electrons. The third-order valence-corrected chi connectivity index (χ3v) is 6.52. The van der Waals surface area contributed by atoms with Crippen LogP contribution in [0.4, 0.5) is 5.13 Å². The summed E-state index contributed by atoms with van der Waals surface area (Å²) in [5, 5.41) is 10.2. The first-order valence-electron chi connectivity index (χ1n) is 8.14. The number of nitrogens with one attached hydrogen (secondary N) is 2. The van der Waals surface area contributed by atoms with Crippen LogP contribution < -0.4 is 10.0 Å². The van der Waals surface area contributed by atoms with Gasteiger partial charge in [0.05, 0.1) is 0 Å². The van der Waals surface area contributed by atoms with Crippen LogP contribution in [-0.4, -0.2) is 24.5 Å². The van der Waals surface area contributed by atoms with Gasteiger partial charge in [0.1, 0.15) is 0 Å². The van der Waals surface area contributed by atoms with Crippen molar-refractivity contribution in [3.63, 3.8) is 0 Å². The number of sulfonamides is 1. The van der Waals surface area contributed by atoms with Gasteiger partial charge in [-0.2, -0.15) is 0 Å². The normalized spacial score (nSPS) is 12.5. The lowest BCUT2D eigenvalue weighted by Gasteiger charge is -2.12. The zero-order chi connectivity index (χ0) is 19.4. The number of rotatable bonds is 6. The summed E-state index contributed by atoms with van der Waals surface area (Å²) in [6.07, 6.45) is 0. The fourth-order valence-electron chi connectivity index (χ4n) is 2.42. The van der Waals surface area contributed by atoms with Crippen molar-refractivity contribution >= 4 is 32.4 Å². The smallest absolute Gasteiger partial charge is 0.270 e. The molecular formula is C18H18N4O3S2. The van der Waals surface area contributed by atoms with E-state index >= 15 is 0 Å². The Balaban J connectivity index is 1.71. The van der Waals surface area contributed by atoms with E-state index in [1.165, 1.54) is 0 Å². The van der Waals surface area contributed by atoms with Gasteiger partial charge in [0.2, 0.25) is 9.47 Å². The van der Waals surface area contributed by atoms with Crippen LogP contribution in [0.3, 0.4) is 0 Å². The van der Waals surface area contributed by atoms with Gasteiger partial charge in [-0.1, -0.05) is 59.4 Å². The summed E-state index contributed by atoms with van der Waals surface area (Å²) >= 11 is 0.800. The van der Waals surface area contributed by atoms with Gasteiger partial charge in [-0.3, -0.25) is 10.1 Å². The molecule has 0 aliphatic carbocycles. The van der Waals surface area contributed by atoms with Crippen LogP contribution in [0.15, 0.2) is 58.9 Å². The third kappa shape index (κ3) is 4.76. The highest BCUT2D eigenvalue weighted by atomic mass is 32.2. The summed E-state index contributed by atoms with van der Waals surface area (Å²) in [5.74, 6) is -0.371. The summed E-state index contributed by atoms with van der Waals surface area (Å²) in [6, 6.07) is 15.8. The molecule has 2 aromatic carbocycles. The summed E-state index contributed by atoms with van der Waals surface area (Å²) < 4.78 is 27.4. The van der Waals surface area contributed by atoms with Crippen LogP contribution in [0.5, 0.6) is 0 Å². The maximum Gasteiger partial charge on any atom is 0.270 e. The Hall–Kier alpha value is -2.62. The molecule has 0 bridgehead atoms. The molecule has 0 fully saturated rings. The number of aromatic nitrogens is 2. The van der Waals surface area contributed by atoms with Gasteiger partial charge in [-0.25, -0.2) is 13.1 Å². The number of benzene rings is 2. The molecule has 3 rings (SSSR count). The van der Waals surface area contributed by atoms with E-state index in [0.29, 0.717) is 5.56 Å². The number of nitrogens with zero attached hydrogens (tertiary/aromatic N) is 2. The van der Waals surface area contributed by atoms with Crippen molar-refractivity contribution in [1.82, 2.24) is 14.9 Å². The van der Waals surface area contributed by atoms with E-state index < -0.39 is 16.1 Å². The molecule has 1 aromatic heterocycles. The number of aryl methyl sites for hydroxylation is 1. The molecule has 2 N–H and O–H groups in total. The Morgan fingerprint density at radius 1 is 1.07 bits per heavy atom. The molecule has 7 nitrogen and oxygen atoms in total. The van der Waals surface area contributed by atoms with Crippen LogP contribution >= 0.6 is 11.3 Å². The Morgan fingerprint density at radius 3 is 2.52 bits per heavy atom. The first-order valence-corrected chi connectivity index (χ1v) is 10.4. The average molecular weight is 403 g/mol. The van der Waals surface area contributed by atoms with Gasteiger partial charge in [-0.15, -0.1) is 10.2 Å². The van der Waals surface area contributed by atoms with Crippen molar-refractivity contribution < 1.29 is 13.2 Å². The lowest BCUT2D eigenvalue weighted by Crippen LogP contribution is -2.26. The monoisotopic (exact) mass is 402 g/mol. The van der Waals surface area contributed by atoms with E-state index in [9.17, 15) is 13.2 Å². The number of amides is 1. The predicted molar refractivity (Wildman–Crippen MR) is 104 cm³/mol. The Bertz CT molecular complexity index is 1050. The Morgan fingerprint density at radius 2 is 1.81 bits per heavy atom. The summed E-state index contributed by atoms with van der Waals surface area (Å²) in [5.41, 5.74) is 2.24. The summed E-state index contributed by atoms with van der Waals surface area (Å²) in [6.45, 7) is 3.63. The molecular weight excluding hydrogens is 384 g/mol. The van der Waals surface area contributed by atoms with Gasteiger partial charge >= 0.3 is 0 Å². The lowest BCUT2D eigenvalue weighted by atomic mass is 10.1. The first kappa shape index (κ1) is 19.2. The standard InChI is InChI=1S/C18H18N4O3S2/c1-12-7-6-10-15(11-12)16(23)19-17-20-21-18(26-17)27(24,25)22-13(2)14-8-4-3-5-9-14/h3-11,13,22H,1-2H3,(H,19,20,23)/t13-/m1/s1. The second-order valence-corrected chi connectivity index (χ2v) is 8.82. The molecule has 3 aromatic rings. The highest BCUT2D eigenvalue weighted by Crippen LogP contribution is 2.23. The zero-order valence-corrected chi connectivity index (χ0v) is 16.3. The molecule has 0 saturated heterocycles. The molecule has 1 heterocycles. The minimum absolute atomic E-state index is 0.120. The average Bonchev–Trinajstić information content (AvgIpc) is 3.11. The van der Waals surface area contributed by atoms with E-state index in [4.69, 9.17) is 0 Å². The van der Waals surface area contributed by atoms with Gasteiger partial charge in [-0.05, 0) is 31.5 Å². The topological polar surface area (TPSA) is 101 Å². The molecule has 9 heteroatoms. The number of hydrogen-bond acceptors (Lipinski definition) is 6.